The lowest BCUT2D eigenvalue weighted by atomic mass is 10.1. The van der Waals surface area contributed by atoms with Gasteiger partial charge in [-0.3, -0.25) is 13.8 Å². The summed E-state index contributed by atoms with van der Waals surface area (Å²) in [5.41, 5.74) is 5.36. The fourth-order valence-corrected chi connectivity index (χ4v) is 6.13. The van der Waals surface area contributed by atoms with Crippen LogP contribution in [0, 0.1) is 0 Å². The average Bonchev–Trinajstić information content (AvgIpc) is 3.19. The van der Waals surface area contributed by atoms with Crippen molar-refractivity contribution in [3.8, 4) is 0 Å². The first-order valence-electron chi connectivity index (χ1n) is 21.5. The molecule has 0 spiro atoms. The molecule has 0 rings (SSSR count). The highest BCUT2D eigenvalue weighted by molar-refractivity contribution is 7.47. The van der Waals surface area contributed by atoms with Crippen molar-refractivity contribution in [2.45, 2.75) is 161 Å². The highest BCUT2D eigenvalue weighted by Gasteiger charge is 2.26. The molecule has 3 unspecified atom stereocenters. The normalized spacial score (nSPS) is 15.2. The van der Waals surface area contributed by atoms with Gasteiger partial charge < -0.3 is 21.1 Å². The van der Waals surface area contributed by atoms with E-state index in [0.717, 1.165) is 70.6 Å². The van der Waals surface area contributed by atoms with Gasteiger partial charge in [0.2, 0.25) is 5.91 Å². The quantitative estimate of drug-likeness (QED) is 0.0278. The van der Waals surface area contributed by atoms with E-state index in [1.807, 2.05) is 6.08 Å². The van der Waals surface area contributed by atoms with Gasteiger partial charge in [-0.2, -0.15) is 0 Å². The number of unbranched alkanes of at least 4 members (excludes halogenated alkanes) is 10. The second-order valence-corrected chi connectivity index (χ2v) is 15.3. The van der Waals surface area contributed by atoms with E-state index in [0.29, 0.717) is 6.42 Å². The Kier molecular flexibility index (Phi) is 39.7. The third-order valence-electron chi connectivity index (χ3n) is 8.58. The lowest BCUT2D eigenvalue weighted by molar-refractivity contribution is -0.122. The molecule has 56 heavy (non-hydrogen) atoms. The number of rotatable bonds is 38. The molecule has 3 atom stereocenters. The van der Waals surface area contributed by atoms with Crippen molar-refractivity contribution in [2.24, 2.45) is 5.73 Å². The van der Waals surface area contributed by atoms with Crippen molar-refractivity contribution in [1.29, 1.82) is 0 Å². The second kappa shape index (κ2) is 41.8. The molecule has 0 aliphatic heterocycles. The maximum atomic E-state index is 12.7. The van der Waals surface area contributed by atoms with Crippen molar-refractivity contribution in [3.05, 3.63) is 109 Å². The van der Waals surface area contributed by atoms with E-state index in [1.165, 1.54) is 51.4 Å². The lowest BCUT2D eigenvalue weighted by Gasteiger charge is -2.23. The predicted molar refractivity (Wildman–Crippen MR) is 239 cm³/mol. The van der Waals surface area contributed by atoms with E-state index in [4.69, 9.17) is 14.8 Å². The van der Waals surface area contributed by atoms with Crippen LogP contribution in [-0.2, 0) is 18.4 Å². The molecular formula is C47H79N2O6P. The van der Waals surface area contributed by atoms with Crippen LogP contribution in [-0.4, -0.2) is 47.8 Å². The molecule has 9 heteroatoms. The summed E-state index contributed by atoms with van der Waals surface area (Å²) in [6.45, 7) is 3.92. The molecule has 0 bridgehead atoms. The van der Waals surface area contributed by atoms with Gasteiger partial charge in [0.15, 0.2) is 0 Å². The Morgan fingerprint density at radius 1 is 0.607 bits per heavy atom. The van der Waals surface area contributed by atoms with Crippen molar-refractivity contribution >= 4 is 13.7 Å². The van der Waals surface area contributed by atoms with Crippen molar-refractivity contribution in [1.82, 2.24) is 5.32 Å². The number of phosphoric acid groups is 1. The summed E-state index contributed by atoms with van der Waals surface area (Å²) in [4.78, 5) is 22.7. The van der Waals surface area contributed by atoms with Crippen molar-refractivity contribution < 1.29 is 28.4 Å². The average molecular weight is 799 g/mol. The number of nitrogens with two attached hydrogens (primary N) is 1. The fourth-order valence-electron chi connectivity index (χ4n) is 5.37. The summed E-state index contributed by atoms with van der Waals surface area (Å²) in [7, 11) is -4.37. The first-order valence-corrected chi connectivity index (χ1v) is 23.0. The second-order valence-electron chi connectivity index (χ2n) is 13.8. The number of aliphatic hydroxyl groups is 1. The summed E-state index contributed by atoms with van der Waals surface area (Å²) in [6, 6.07) is -0.915. The molecule has 318 valence electrons. The molecule has 0 saturated carbocycles. The maximum absolute atomic E-state index is 12.7. The van der Waals surface area contributed by atoms with Gasteiger partial charge in [-0.15, -0.1) is 0 Å². The predicted octanol–water partition coefficient (Wildman–Crippen LogP) is 12.2. The number of phosphoric ester groups is 1. The molecule has 8 nitrogen and oxygen atoms in total. The van der Waals surface area contributed by atoms with Crippen LogP contribution in [0.2, 0.25) is 0 Å². The van der Waals surface area contributed by atoms with E-state index in [2.05, 4.69) is 116 Å². The summed E-state index contributed by atoms with van der Waals surface area (Å²) in [6.07, 6.45) is 58.6. The van der Waals surface area contributed by atoms with Crippen LogP contribution in [0.3, 0.4) is 0 Å². The van der Waals surface area contributed by atoms with Crippen LogP contribution in [0.25, 0.3) is 0 Å². The number of hydrogen-bond donors (Lipinski definition) is 4. The number of allylic oxidation sites excluding steroid dienone is 17. The van der Waals surface area contributed by atoms with Gasteiger partial charge in [0.05, 0.1) is 25.4 Å². The Bertz CT molecular complexity index is 1230. The molecule has 0 fully saturated rings. The number of carbonyl (C=O) groups excluding carboxylic acids is 1. The van der Waals surface area contributed by atoms with Gasteiger partial charge in [0.1, 0.15) is 0 Å². The zero-order valence-corrected chi connectivity index (χ0v) is 36.0. The third kappa shape index (κ3) is 39.4. The number of nitrogens with one attached hydrogen (secondary N) is 1. The number of carbonyl (C=O) groups is 1. The Morgan fingerprint density at radius 2 is 1.05 bits per heavy atom. The van der Waals surface area contributed by atoms with Gasteiger partial charge in [-0.05, 0) is 83.5 Å². The van der Waals surface area contributed by atoms with E-state index in [9.17, 15) is 19.4 Å². The molecule has 0 aliphatic rings. The SMILES string of the molecule is CC/C=C\C/C=C\C/C=C\C/C=C\C/C=C\C/C=C\C/C=C\CCCC(=O)NC(COP(=O)(O)OCCN)C(O)/C=C/CC/C=C/CCCCCCCCCC. The van der Waals surface area contributed by atoms with Crippen LogP contribution < -0.4 is 11.1 Å². The largest absolute Gasteiger partial charge is 0.472 e. The zero-order chi connectivity index (χ0) is 41.1. The first kappa shape index (κ1) is 53.2. The molecule has 0 radical (unpaired) electrons. The van der Waals surface area contributed by atoms with E-state index < -0.39 is 20.0 Å². The summed E-state index contributed by atoms with van der Waals surface area (Å²) in [5, 5.41) is 13.6. The smallest absolute Gasteiger partial charge is 0.387 e. The van der Waals surface area contributed by atoms with Crippen LogP contribution >= 0.6 is 7.82 Å². The van der Waals surface area contributed by atoms with Crippen LogP contribution in [0.15, 0.2) is 109 Å². The topological polar surface area (TPSA) is 131 Å². The highest BCUT2D eigenvalue weighted by atomic mass is 31.2. The Hall–Kier alpha value is -2.84. The van der Waals surface area contributed by atoms with Gasteiger partial charge in [-0.25, -0.2) is 4.57 Å². The minimum absolute atomic E-state index is 0.0584. The first-order chi connectivity index (χ1) is 27.4. The minimum atomic E-state index is -4.37. The monoisotopic (exact) mass is 799 g/mol. The highest BCUT2D eigenvalue weighted by Crippen LogP contribution is 2.43. The Labute approximate surface area is 342 Å². The van der Waals surface area contributed by atoms with Crippen molar-refractivity contribution in [3.63, 3.8) is 0 Å². The van der Waals surface area contributed by atoms with Crippen molar-refractivity contribution in [2.75, 3.05) is 19.8 Å². The molecule has 0 saturated heterocycles. The minimum Gasteiger partial charge on any atom is -0.387 e. The van der Waals surface area contributed by atoms with E-state index in [1.54, 1.807) is 6.08 Å². The number of hydrogen-bond acceptors (Lipinski definition) is 6. The van der Waals surface area contributed by atoms with Crippen LogP contribution in [0.4, 0.5) is 0 Å². The third-order valence-corrected chi connectivity index (χ3v) is 9.57. The molecule has 0 aromatic heterocycles. The Balaban J connectivity index is 4.40. The summed E-state index contributed by atoms with van der Waals surface area (Å²) in [5.74, 6) is -0.268. The maximum Gasteiger partial charge on any atom is 0.472 e. The molecule has 0 heterocycles. The number of aliphatic hydroxyl groups excluding tert-OH is 1. The number of amides is 1. The Morgan fingerprint density at radius 3 is 1.59 bits per heavy atom. The zero-order valence-electron chi connectivity index (χ0n) is 35.1. The summed E-state index contributed by atoms with van der Waals surface area (Å²) >= 11 is 0. The van der Waals surface area contributed by atoms with Gasteiger partial charge in [-0.1, -0.05) is 168 Å². The molecular weight excluding hydrogens is 719 g/mol. The molecule has 1 amide bonds. The van der Waals surface area contributed by atoms with E-state index >= 15 is 0 Å². The molecule has 5 N–H and O–H groups in total. The lowest BCUT2D eigenvalue weighted by Crippen LogP contribution is -2.45. The van der Waals surface area contributed by atoms with Crippen LogP contribution in [0.5, 0.6) is 0 Å². The standard InChI is InChI=1S/C47H79N2O6P/c1-3-5-7-9-11-13-15-17-19-20-21-22-23-24-25-26-27-29-31-33-35-37-39-41-47(51)49-45(44-55-56(52,53)54-43-42-48)46(50)40-38-36-34-32-30-28-18-16-14-12-10-8-6-4-2/h5,7,11,13,17,19,21-22,24-25,27,29-30,32-33,35,38,40,45-46,50H,3-4,6,8-10,12,14-16,18,20,23,26,28,31,34,36-37,39,41-44,48H2,1-2H3,(H,49,51)(H,52,53)/b7-5-,13-11-,19-17-,22-21-,25-24-,29-27-,32-30+,35-33-,40-38+. The summed E-state index contributed by atoms with van der Waals surface area (Å²) < 4.78 is 22.1. The fraction of sp³-hybridized carbons (Fsp3) is 0.596. The van der Waals surface area contributed by atoms with Gasteiger partial charge in [0, 0.05) is 13.0 Å². The van der Waals surface area contributed by atoms with Crippen LogP contribution in [0.1, 0.15) is 149 Å². The van der Waals surface area contributed by atoms with Gasteiger partial charge >= 0.3 is 7.82 Å². The molecule has 0 aromatic carbocycles. The van der Waals surface area contributed by atoms with Gasteiger partial charge in [0.25, 0.3) is 0 Å². The molecule has 0 aromatic rings. The molecule has 0 aliphatic carbocycles. The van der Waals surface area contributed by atoms with E-state index in [-0.39, 0.29) is 32.1 Å².